The Morgan fingerprint density at radius 3 is 2.19 bits per heavy atom. The van der Waals surface area contributed by atoms with Crippen molar-refractivity contribution in [3.05, 3.63) is 77.4 Å². The Morgan fingerprint density at radius 1 is 0.935 bits per heavy atom. The smallest absolute Gasteiger partial charge is 0.341 e. The number of hydrogen-bond acceptors (Lipinski definition) is 3. The van der Waals surface area contributed by atoms with Gasteiger partial charge >= 0.3 is 5.97 Å². The van der Waals surface area contributed by atoms with E-state index in [1.807, 2.05) is 4.57 Å². The van der Waals surface area contributed by atoms with E-state index in [1.165, 1.54) is 18.2 Å². The molecule has 0 saturated carbocycles. The quantitative estimate of drug-likeness (QED) is 0.471. The van der Waals surface area contributed by atoms with Crippen LogP contribution >= 0.6 is 0 Å². The molecule has 0 radical (unpaired) electrons. The van der Waals surface area contributed by atoms with E-state index in [4.69, 9.17) is 15.6 Å². The fourth-order valence-electron chi connectivity index (χ4n) is 3.85. The molecule has 158 valence electrons. The standard InChI is InChI=1S/C23H18F2N2O4/c24-15-5-2-6-16(25)13(15)10-11-27-17-7-1-4-14(23(26)30)21(17)22-18(27)8-3-9-19(22)31-12-20(28)29/h1-9H,10-12H2,(H2,26,30)(H,28,29). The van der Waals surface area contributed by atoms with E-state index in [0.29, 0.717) is 21.8 Å². The van der Waals surface area contributed by atoms with Crippen molar-refractivity contribution in [2.45, 2.75) is 13.0 Å². The van der Waals surface area contributed by atoms with Crippen molar-refractivity contribution in [3.8, 4) is 5.75 Å². The van der Waals surface area contributed by atoms with E-state index in [0.717, 1.165) is 0 Å². The molecule has 8 heteroatoms. The van der Waals surface area contributed by atoms with Gasteiger partial charge in [0.25, 0.3) is 0 Å². The Labute approximate surface area is 175 Å². The first-order valence-electron chi connectivity index (χ1n) is 9.49. The predicted molar refractivity (Wildman–Crippen MR) is 111 cm³/mol. The summed E-state index contributed by atoms with van der Waals surface area (Å²) in [5.41, 5.74) is 7.02. The number of fused-ring (bicyclic) bond motifs is 3. The fourth-order valence-corrected chi connectivity index (χ4v) is 3.85. The molecule has 0 bridgehead atoms. The minimum absolute atomic E-state index is 0.0400. The van der Waals surface area contributed by atoms with Crippen molar-refractivity contribution >= 4 is 33.7 Å². The number of aryl methyl sites for hydroxylation is 1. The number of carboxylic acids is 1. The number of benzene rings is 3. The van der Waals surface area contributed by atoms with Gasteiger partial charge in [-0.25, -0.2) is 13.6 Å². The number of aliphatic carboxylic acids is 1. The second-order valence-corrected chi connectivity index (χ2v) is 7.00. The molecule has 3 N–H and O–H groups in total. The molecular weight excluding hydrogens is 406 g/mol. The number of nitrogens with two attached hydrogens (primary N) is 1. The third-order valence-corrected chi connectivity index (χ3v) is 5.14. The summed E-state index contributed by atoms with van der Waals surface area (Å²) in [6, 6.07) is 13.8. The van der Waals surface area contributed by atoms with Crippen LogP contribution in [0, 0.1) is 11.6 Å². The second kappa shape index (κ2) is 8.06. The van der Waals surface area contributed by atoms with Crippen LogP contribution in [-0.4, -0.2) is 28.2 Å². The van der Waals surface area contributed by atoms with E-state index in [1.54, 1.807) is 36.4 Å². The summed E-state index contributed by atoms with van der Waals surface area (Å²) in [5.74, 6) is -2.80. The highest BCUT2D eigenvalue weighted by molar-refractivity contribution is 6.19. The van der Waals surface area contributed by atoms with Gasteiger partial charge in [-0.05, 0) is 42.8 Å². The Morgan fingerprint density at radius 2 is 1.55 bits per heavy atom. The van der Waals surface area contributed by atoms with Gasteiger partial charge in [-0.2, -0.15) is 0 Å². The van der Waals surface area contributed by atoms with Gasteiger partial charge in [0.15, 0.2) is 6.61 Å². The van der Waals surface area contributed by atoms with E-state index < -0.39 is 30.1 Å². The summed E-state index contributed by atoms with van der Waals surface area (Å²) in [6.45, 7) is -0.354. The zero-order valence-corrected chi connectivity index (χ0v) is 16.3. The lowest BCUT2D eigenvalue weighted by atomic mass is 10.1. The monoisotopic (exact) mass is 424 g/mol. The van der Waals surface area contributed by atoms with Crippen molar-refractivity contribution in [2.24, 2.45) is 5.73 Å². The maximum absolute atomic E-state index is 14.1. The Balaban J connectivity index is 1.92. The first-order chi connectivity index (χ1) is 14.9. The van der Waals surface area contributed by atoms with Crippen LogP contribution in [0.4, 0.5) is 8.78 Å². The minimum Gasteiger partial charge on any atom is -0.481 e. The first kappa shape index (κ1) is 20.3. The Bertz CT molecular complexity index is 1310. The van der Waals surface area contributed by atoms with Crippen LogP contribution in [0.1, 0.15) is 15.9 Å². The van der Waals surface area contributed by atoms with Crippen LogP contribution in [0.3, 0.4) is 0 Å². The number of carboxylic acid groups (broad SMARTS) is 1. The Kier molecular flexibility index (Phi) is 5.29. The molecule has 3 aromatic carbocycles. The summed E-state index contributed by atoms with van der Waals surface area (Å²) in [5, 5.41) is 10.0. The van der Waals surface area contributed by atoms with Crippen LogP contribution < -0.4 is 10.5 Å². The van der Waals surface area contributed by atoms with Crippen molar-refractivity contribution in [2.75, 3.05) is 6.61 Å². The largest absolute Gasteiger partial charge is 0.481 e. The zero-order chi connectivity index (χ0) is 22.1. The maximum atomic E-state index is 14.1. The average Bonchev–Trinajstić information content (AvgIpc) is 3.06. The van der Waals surface area contributed by atoms with Crippen molar-refractivity contribution in [3.63, 3.8) is 0 Å². The van der Waals surface area contributed by atoms with Crippen LogP contribution in [0.2, 0.25) is 0 Å². The lowest BCUT2D eigenvalue weighted by Gasteiger charge is -2.10. The third-order valence-electron chi connectivity index (χ3n) is 5.14. The van der Waals surface area contributed by atoms with Gasteiger partial charge in [-0.15, -0.1) is 0 Å². The summed E-state index contributed by atoms with van der Waals surface area (Å²) >= 11 is 0. The highest BCUT2D eigenvalue weighted by Gasteiger charge is 2.20. The molecule has 0 fully saturated rings. The topological polar surface area (TPSA) is 94.6 Å². The molecule has 0 aliphatic rings. The summed E-state index contributed by atoms with van der Waals surface area (Å²) in [7, 11) is 0. The van der Waals surface area contributed by atoms with Crippen LogP contribution in [-0.2, 0) is 17.8 Å². The van der Waals surface area contributed by atoms with E-state index in [2.05, 4.69) is 0 Å². The van der Waals surface area contributed by atoms with Crippen molar-refractivity contribution < 1.29 is 28.2 Å². The highest BCUT2D eigenvalue weighted by Crippen LogP contribution is 2.38. The van der Waals surface area contributed by atoms with E-state index in [-0.39, 0.29) is 29.8 Å². The number of rotatable bonds is 7. The second-order valence-electron chi connectivity index (χ2n) is 7.00. The molecule has 4 rings (SSSR count). The van der Waals surface area contributed by atoms with Gasteiger partial charge in [-0.1, -0.05) is 18.2 Å². The number of primary amides is 1. The predicted octanol–water partition coefficient (Wildman–Crippen LogP) is 3.88. The van der Waals surface area contributed by atoms with Crippen LogP contribution in [0.25, 0.3) is 21.8 Å². The van der Waals surface area contributed by atoms with Gasteiger partial charge in [0.05, 0.1) is 16.4 Å². The molecule has 4 aromatic rings. The number of carbonyl (C=O) groups excluding carboxylic acids is 1. The van der Waals surface area contributed by atoms with E-state index in [9.17, 15) is 18.4 Å². The SMILES string of the molecule is NC(=O)c1cccc2c1c1c(OCC(=O)O)cccc1n2CCc1c(F)cccc1F. The van der Waals surface area contributed by atoms with Gasteiger partial charge in [0, 0.05) is 23.1 Å². The molecule has 0 aliphatic heterocycles. The summed E-state index contributed by atoms with van der Waals surface area (Å²) in [4.78, 5) is 23.1. The number of halogens is 2. The molecular formula is C23H18F2N2O4. The number of aromatic nitrogens is 1. The lowest BCUT2D eigenvalue weighted by molar-refractivity contribution is -0.139. The minimum atomic E-state index is -1.15. The number of hydrogen-bond donors (Lipinski definition) is 2. The molecule has 6 nitrogen and oxygen atoms in total. The molecule has 31 heavy (non-hydrogen) atoms. The molecule has 0 aliphatic carbocycles. The summed E-state index contributed by atoms with van der Waals surface area (Å²) < 4.78 is 35.5. The maximum Gasteiger partial charge on any atom is 0.341 e. The fraction of sp³-hybridized carbons (Fsp3) is 0.130. The highest BCUT2D eigenvalue weighted by atomic mass is 19.1. The third kappa shape index (κ3) is 3.68. The lowest BCUT2D eigenvalue weighted by Crippen LogP contribution is -2.11. The number of amides is 1. The zero-order valence-electron chi connectivity index (χ0n) is 16.3. The molecule has 0 saturated heterocycles. The average molecular weight is 424 g/mol. The molecule has 1 amide bonds. The van der Waals surface area contributed by atoms with Gasteiger partial charge in [-0.3, -0.25) is 4.79 Å². The molecule has 0 unspecified atom stereocenters. The van der Waals surface area contributed by atoms with Crippen LogP contribution in [0.5, 0.6) is 5.75 Å². The normalized spacial score (nSPS) is 11.2. The Hall–Kier alpha value is -3.94. The van der Waals surface area contributed by atoms with E-state index >= 15 is 0 Å². The first-order valence-corrected chi connectivity index (χ1v) is 9.49. The number of ether oxygens (including phenoxy) is 1. The summed E-state index contributed by atoms with van der Waals surface area (Å²) in [6.07, 6.45) is 0.0679. The van der Waals surface area contributed by atoms with Crippen molar-refractivity contribution in [1.29, 1.82) is 0 Å². The number of carbonyl (C=O) groups is 2. The number of nitrogens with zero attached hydrogens (tertiary/aromatic N) is 1. The molecule has 1 heterocycles. The molecule has 0 atom stereocenters. The molecule has 1 aromatic heterocycles. The van der Waals surface area contributed by atoms with Crippen molar-refractivity contribution in [1.82, 2.24) is 4.57 Å². The van der Waals surface area contributed by atoms with Crippen LogP contribution in [0.15, 0.2) is 54.6 Å². The van der Waals surface area contributed by atoms with Gasteiger partial charge in [0.1, 0.15) is 17.4 Å². The van der Waals surface area contributed by atoms with Gasteiger partial charge in [0.2, 0.25) is 5.91 Å². The van der Waals surface area contributed by atoms with Gasteiger partial charge < -0.3 is 20.1 Å². The molecule has 0 spiro atoms.